The lowest BCUT2D eigenvalue weighted by atomic mass is 9.80. The molecule has 0 aliphatic heterocycles. The molecule has 2 aromatic rings. The van der Waals surface area contributed by atoms with Gasteiger partial charge in [-0.15, -0.1) is 0 Å². The minimum atomic E-state index is -2.51. The molecule has 9 heteroatoms. The quantitative estimate of drug-likeness (QED) is 0.478. The first-order valence-electron chi connectivity index (χ1n) is 7.79. The summed E-state index contributed by atoms with van der Waals surface area (Å²) in [6.07, 6.45) is 1.48. The van der Waals surface area contributed by atoms with Gasteiger partial charge in [0.15, 0.2) is 0 Å². The van der Waals surface area contributed by atoms with Gasteiger partial charge >= 0.3 is 7.12 Å². The maximum absolute atomic E-state index is 12.0. The van der Waals surface area contributed by atoms with E-state index < -0.39 is 18.2 Å². The molecule has 0 aliphatic carbocycles. The van der Waals surface area contributed by atoms with Crippen molar-refractivity contribution in [2.24, 2.45) is 0 Å². The third kappa shape index (κ3) is 5.51. The lowest BCUT2D eigenvalue weighted by Crippen LogP contribution is -2.29. The second-order valence-electron chi connectivity index (χ2n) is 5.57. The van der Waals surface area contributed by atoms with E-state index in [4.69, 9.17) is 15.3 Å². The largest absolute Gasteiger partial charge is 0.768 e. The van der Waals surface area contributed by atoms with Crippen molar-refractivity contribution in [1.29, 1.82) is 5.26 Å². The Bertz CT molecular complexity index is 849. The summed E-state index contributed by atoms with van der Waals surface area (Å²) in [5.74, 6) is -0.243. The van der Waals surface area contributed by atoms with Gasteiger partial charge in [-0.05, 0) is 53.1 Å². The van der Waals surface area contributed by atoms with E-state index in [0.717, 1.165) is 5.56 Å². The zero-order chi connectivity index (χ0) is 19.1. The molecule has 1 amide bonds. The normalized spacial score (nSPS) is 11.5. The number of nitrogens with zero attached hydrogens (tertiary/aromatic N) is 1. The molecule has 0 aliphatic rings. The molecule has 2 aromatic carbocycles. The number of rotatable bonds is 7. The molecule has 7 nitrogen and oxygen atoms in total. The van der Waals surface area contributed by atoms with Gasteiger partial charge in [0.25, 0.3) is 0 Å². The lowest BCUT2D eigenvalue weighted by molar-refractivity contribution is -0.116. The summed E-state index contributed by atoms with van der Waals surface area (Å²) in [4.78, 5) is 11.9. The first kappa shape index (κ1) is 19.8. The van der Waals surface area contributed by atoms with E-state index in [9.17, 15) is 13.6 Å². The number of carbonyl (C=O) groups is 1. The standard InChI is InChI=1S/C17H17BN2O5S/c19-11-13-10-15(8-9-16(13)26(24)25)20-17(21)3-1-2-12-4-6-14(7-5-12)18(22)23/h4-10,22-23H,1-3H2,(H,20,21)(H,24,25)/p-1. The maximum Gasteiger partial charge on any atom is 0.488 e. The molecule has 0 fully saturated rings. The Labute approximate surface area is 153 Å². The van der Waals surface area contributed by atoms with Crippen LogP contribution >= 0.6 is 0 Å². The third-order valence-corrected chi connectivity index (χ3v) is 4.43. The molecular formula is C17H16BN2O5S-. The highest BCUT2D eigenvalue weighted by molar-refractivity contribution is 7.79. The molecule has 0 heterocycles. The number of nitriles is 1. The van der Waals surface area contributed by atoms with Gasteiger partial charge in [-0.1, -0.05) is 24.3 Å². The van der Waals surface area contributed by atoms with E-state index in [1.165, 1.54) is 18.2 Å². The van der Waals surface area contributed by atoms with E-state index >= 15 is 0 Å². The van der Waals surface area contributed by atoms with E-state index in [2.05, 4.69) is 5.32 Å². The van der Waals surface area contributed by atoms with Gasteiger partial charge in [-0.2, -0.15) is 5.26 Å². The van der Waals surface area contributed by atoms with Crippen LogP contribution in [0.15, 0.2) is 47.4 Å². The first-order chi connectivity index (χ1) is 12.4. The zero-order valence-corrected chi connectivity index (χ0v) is 14.5. The van der Waals surface area contributed by atoms with Crippen LogP contribution in [0, 0.1) is 11.3 Å². The fraction of sp³-hybridized carbons (Fsp3) is 0.176. The molecule has 2 rings (SSSR count). The second-order valence-corrected chi connectivity index (χ2v) is 6.48. The van der Waals surface area contributed by atoms with Crippen LogP contribution in [0.5, 0.6) is 0 Å². The van der Waals surface area contributed by atoms with Crippen LogP contribution in [0.1, 0.15) is 24.0 Å². The van der Waals surface area contributed by atoms with E-state index in [1.807, 2.05) is 0 Å². The second kappa shape index (κ2) is 9.26. The summed E-state index contributed by atoms with van der Waals surface area (Å²) in [7, 11) is -1.50. The Morgan fingerprint density at radius 3 is 2.50 bits per heavy atom. The van der Waals surface area contributed by atoms with Gasteiger partial charge in [0.1, 0.15) is 6.07 Å². The van der Waals surface area contributed by atoms with E-state index in [1.54, 1.807) is 30.3 Å². The van der Waals surface area contributed by atoms with Crippen LogP contribution < -0.4 is 10.8 Å². The molecule has 3 N–H and O–H groups in total. The highest BCUT2D eigenvalue weighted by atomic mass is 32.2. The summed E-state index contributed by atoms with van der Waals surface area (Å²) in [5.41, 5.74) is 1.71. The Balaban J connectivity index is 1.87. The third-order valence-electron chi connectivity index (χ3n) is 3.71. The monoisotopic (exact) mass is 371 g/mol. The Hall–Kier alpha value is -2.51. The minimum absolute atomic E-state index is 0.0257. The first-order valence-corrected chi connectivity index (χ1v) is 8.86. The molecule has 0 radical (unpaired) electrons. The molecular weight excluding hydrogens is 355 g/mol. The molecule has 0 spiro atoms. The van der Waals surface area contributed by atoms with Gasteiger partial charge in [0.05, 0.1) is 5.56 Å². The number of hydrogen-bond acceptors (Lipinski definition) is 6. The van der Waals surface area contributed by atoms with Crippen molar-refractivity contribution in [2.45, 2.75) is 24.2 Å². The molecule has 1 atom stereocenters. The molecule has 0 bridgehead atoms. The smallest absolute Gasteiger partial charge is 0.488 e. The summed E-state index contributed by atoms with van der Waals surface area (Å²) < 4.78 is 22.0. The van der Waals surface area contributed by atoms with Crippen LogP contribution in [0.25, 0.3) is 0 Å². The van der Waals surface area contributed by atoms with Crippen molar-refractivity contribution in [1.82, 2.24) is 0 Å². The SMILES string of the molecule is N#Cc1cc(NC(=O)CCCc2ccc(B(O)O)cc2)ccc1S(=O)[O-]. The van der Waals surface area contributed by atoms with Gasteiger partial charge in [0, 0.05) is 17.0 Å². The van der Waals surface area contributed by atoms with Crippen LogP contribution in [0.2, 0.25) is 0 Å². The number of aryl methyl sites for hydroxylation is 1. The van der Waals surface area contributed by atoms with Crippen molar-refractivity contribution in [3.63, 3.8) is 0 Å². The van der Waals surface area contributed by atoms with Crippen molar-refractivity contribution in [3.8, 4) is 6.07 Å². The molecule has 26 heavy (non-hydrogen) atoms. The minimum Gasteiger partial charge on any atom is -0.768 e. The molecule has 0 saturated heterocycles. The molecule has 134 valence electrons. The number of hydrogen-bond donors (Lipinski definition) is 3. The van der Waals surface area contributed by atoms with Gasteiger partial charge in [-0.3, -0.25) is 9.00 Å². The number of amides is 1. The Morgan fingerprint density at radius 2 is 1.92 bits per heavy atom. The van der Waals surface area contributed by atoms with Crippen molar-refractivity contribution >= 4 is 35.3 Å². The maximum atomic E-state index is 12.0. The van der Waals surface area contributed by atoms with Crippen LogP contribution in [0.4, 0.5) is 5.69 Å². The number of carbonyl (C=O) groups excluding carboxylic acids is 1. The average molecular weight is 371 g/mol. The number of benzene rings is 2. The highest BCUT2D eigenvalue weighted by Gasteiger charge is 2.10. The van der Waals surface area contributed by atoms with Crippen molar-refractivity contribution in [2.75, 3.05) is 5.32 Å². The highest BCUT2D eigenvalue weighted by Crippen LogP contribution is 2.18. The van der Waals surface area contributed by atoms with E-state index in [0.29, 0.717) is 24.0 Å². The fourth-order valence-corrected chi connectivity index (χ4v) is 2.84. The van der Waals surface area contributed by atoms with Gasteiger partial charge in [-0.25, -0.2) is 0 Å². The molecule has 0 saturated carbocycles. The zero-order valence-electron chi connectivity index (χ0n) is 13.7. The molecule has 0 aromatic heterocycles. The average Bonchev–Trinajstić information content (AvgIpc) is 2.61. The van der Waals surface area contributed by atoms with Crippen molar-refractivity contribution in [3.05, 3.63) is 53.6 Å². The predicted molar refractivity (Wildman–Crippen MR) is 96.2 cm³/mol. The summed E-state index contributed by atoms with van der Waals surface area (Å²) in [6.45, 7) is 0. The van der Waals surface area contributed by atoms with Crippen LogP contribution in [-0.4, -0.2) is 31.8 Å². The Kier molecular flexibility index (Phi) is 7.06. The predicted octanol–water partition coefficient (Wildman–Crippen LogP) is 0.437. The summed E-state index contributed by atoms with van der Waals surface area (Å²) >= 11 is -2.51. The van der Waals surface area contributed by atoms with Gasteiger partial charge < -0.3 is 19.9 Å². The van der Waals surface area contributed by atoms with Gasteiger partial charge in [0.2, 0.25) is 5.91 Å². The van der Waals surface area contributed by atoms with E-state index in [-0.39, 0.29) is 22.8 Å². The molecule has 1 unspecified atom stereocenters. The lowest BCUT2D eigenvalue weighted by Gasteiger charge is -2.10. The Morgan fingerprint density at radius 1 is 1.23 bits per heavy atom. The fourth-order valence-electron chi connectivity index (χ4n) is 2.37. The topological polar surface area (TPSA) is 133 Å². The summed E-state index contributed by atoms with van der Waals surface area (Å²) in [5, 5.41) is 29.7. The number of anilines is 1. The van der Waals surface area contributed by atoms with Crippen molar-refractivity contribution < 1.29 is 23.6 Å². The summed E-state index contributed by atoms with van der Waals surface area (Å²) in [6, 6.07) is 12.6. The van der Waals surface area contributed by atoms with Crippen LogP contribution in [-0.2, 0) is 22.3 Å². The number of nitrogens with one attached hydrogen (secondary N) is 1. The van der Waals surface area contributed by atoms with Crippen LogP contribution in [0.3, 0.4) is 0 Å².